The molecule has 2 nitrogen and oxygen atoms in total. The number of hydrogen-bond donors (Lipinski definition) is 1. The van der Waals surface area contributed by atoms with Crippen LogP contribution in [0, 0.1) is 5.92 Å². The van der Waals surface area contributed by atoms with Gasteiger partial charge in [-0.05, 0) is 52.4 Å². The third kappa shape index (κ3) is 6.54. The summed E-state index contributed by atoms with van der Waals surface area (Å²) in [4.78, 5) is 2.61. The Bertz CT molecular complexity index is 437. The van der Waals surface area contributed by atoms with E-state index in [1.807, 2.05) is 6.07 Å². The number of nitrogens with zero attached hydrogens (tertiary/aromatic N) is 1. The summed E-state index contributed by atoms with van der Waals surface area (Å²) in [6, 6.07) is 6.88. The molecule has 1 N–H and O–H groups in total. The summed E-state index contributed by atoms with van der Waals surface area (Å²) >= 11 is 9.68. The van der Waals surface area contributed by atoms with Crippen LogP contribution in [0.5, 0.6) is 0 Å². The van der Waals surface area contributed by atoms with Crippen molar-refractivity contribution in [2.45, 2.75) is 32.7 Å². The third-order valence-electron chi connectivity index (χ3n) is 3.94. The number of benzene rings is 1. The van der Waals surface area contributed by atoms with E-state index in [1.54, 1.807) is 0 Å². The Morgan fingerprint density at radius 2 is 1.82 bits per heavy atom. The van der Waals surface area contributed by atoms with Gasteiger partial charge in [-0.3, -0.25) is 4.90 Å². The fourth-order valence-electron chi connectivity index (χ4n) is 2.76. The Hall–Kier alpha value is 0.490. The van der Waals surface area contributed by atoms with Crippen molar-refractivity contribution in [2.75, 3.05) is 26.2 Å². The summed E-state index contributed by atoms with van der Waals surface area (Å²) in [6.07, 6.45) is 2.47. The highest BCUT2D eigenvalue weighted by molar-refractivity contribution is 9.10. The molecule has 1 atom stereocenters. The molecule has 128 valence electrons. The zero-order valence-electron chi connectivity index (χ0n) is 13.1. The highest BCUT2D eigenvalue weighted by atomic mass is 79.9. The first-order valence-corrected chi connectivity index (χ1v) is 8.64. The Morgan fingerprint density at radius 1 is 1.18 bits per heavy atom. The summed E-state index contributed by atoms with van der Waals surface area (Å²) < 4.78 is 1.00. The van der Waals surface area contributed by atoms with Gasteiger partial charge in [0.05, 0.1) is 5.02 Å². The summed E-state index contributed by atoms with van der Waals surface area (Å²) in [5.41, 5.74) is 1.38. The predicted molar refractivity (Wildman–Crippen MR) is 105 cm³/mol. The summed E-state index contributed by atoms with van der Waals surface area (Å²) in [6.45, 7) is 9.03. The van der Waals surface area contributed by atoms with E-state index in [0.29, 0.717) is 6.04 Å². The number of hydrogen-bond acceptors (Lipinski definition) is 2. The molecule has 22 heavy (non-hydrogen) atoms. The normalized spacial score (nSPS) is 16.8. The van der Waals surface area contributed by atoms with E-state index in [4.69, 9.17) is 11.6 Å². The van der Waals surface area contributed by atoms with Gasteiger partial charge in [-0.25, -0.2) is 0 Å². The Kier molecular flexibility index (Phi) is 11.4. The predicted octanol–water partition coefficient (Wildman–Crippen LogP) is 5.33. The van der Waals surface area contributed by atoms with Crippen molar-refractivity contribution in [3.63, 3.8) is 0 Å². The fraction of sp³-hybridized carbons (Fsp3) is 0.625. The van der Waals surface area contributed by atoms with E-state index in [1.165, 1.54) is 18.4 Å². The van der Waals surface area contributed by atoms with Crippen molar-refractivity contribution in [3.05, 3.63) is 33.3 Å². The lowest BCUT2D eigenvalue weighted by Crippen LogP contribution is -2.45. The molecular weight excluding hydrogens is 406 g/mol. The monoisotopic (exact) mass is 430 g/mol. The average Bonchev–Trinajstić information content (AvgIpc) is 2.44. The molecule has 1 aromatic rings. The van der Waals surface area contributed by atoms with Gasteiger partial charge in [0.15, 0.2) is 0 Å². The Balaban J connectivity index is 0.00000220. The maximum atomic E-state index is 6.13. The maximum absolute atomic E-state index is 6.13. The average molecular weight is 433 g/mol. The molecule has 1 aliphatic rings. The van der Waals surface area contributed by atoms with Crippen LogP contribution in [-0.2, 0) is 0 Å². The molecule has 0 unspecified atom stereocenters. The molecule has 1 aliphatic heterocycles. The van der Waals surface area contributed by atoms with Gasteiger partial charge in [-0.1, -0.05) is 31.5 Å². The number of nitrogens with one attached hydrogen (secondary N) is 1. The van der Waals surface area contributed by atoms with Crippen molar-refractivity contribution in [2.24, 2.45) is 5.92 Å². The van der Waals surface area contributed by atoms with Gasteiger partial charge in [0.2, 0.25) is 0 Å². The van der Waals surface area contributed by atoms with Crippen LogP contribution in [0.4, 0.5) is 0 Å². The second-order valence-electron chi connectivity index (χ2n) is 5.95. The number of piperazine rings is 1. The van der Waals surface area contributed by atoms with Crippen molar-refractivity contribution in [1.82, 2.24) is 10.2 Å². The Morgan fingerprint density at radius 3 is 2.36 bits per heavy atom. The van der Waals surface area contributed by atoms with Crippen LogP contribution < -0.4 is 5.32 Å². The van der Waals surface area contributed by atoms with Gasteiger partial charge < -0.3 is 5.32 Å². The van der Waals surface area contributed by atoms with Crippen molar-refractivity contribution < 1.29 is 0 Å². The first-order chi connectivity index (χ1) is 9.58. The van der Waals surface area contributed by atoms with Crippen LogP contribution in [0.3, 0.4) is 0 Å². The van der Waals surface area contributed by atoms with Crippen LogP contribution in [0.1, 0.15) is 38.3 Å². The lowest BCUT2D eigenvalue weighted by Gasteiger charge is -2.35. The molecule has 0 amide bonds. The molecule has 0 aromatic heterocycles. The highest BCUT2D eigenvalue weighted by Crippen LogP contribution is 2.32. The topological polar surface area (TPSA) is 15.3 Å². The number of rotatable bonds is 5. The largest absolute Gasteiger partial charge is 0.314 e. The third-order valence-corrected chi connectivity index (χ3v) is 5.15. The molecule has 0 radical (unpaired) electrons. The quantitative estimate of drug-likeness (QED) is 0.677. The molecule has 1 saturated heterocycles. The van der Waals surface area contributed by atoms with Crippen molar-refractivity contribution >= 4 is 52.3 Å². The first kappa shape index (κ1) is 22.5. The fourth-order valence-corrected chi connectivity index (χ4v) is 3.28. The molecule has 6 heteroatoms. The van der Waals surface area contributed by atoms with Crippen LogP contribution in [-0.4, -0.2) is 31.1 Å². The van der Waals surface area contributed by atoms with E-state index in [2.05, 4.69) is 52.1 Å². The van der Waals surface area contributed by atoms with Crippen molar-refractivity contribution in [3.8, 4) is 0 Å². The van der Waals surface area contributed by atoms with Crippen LogP contribution in [0.15, 0.2) is 22.7 Å². The molecule has 0 saturated carbocycles. The minimum absolute atomic E-state index is 0. The lowest BCUT2D eigenvalue weighted by atomic mass is 9.96. The van der Waals surface area contributed by atoms with Gasteiger partial charge in [0.1, 0.15) is 0 Å². The number of halogens is 4. The van der Waals surface area contributed by atoms with Gasteiger partial charge in [0.25, 0.3) is 0 Å². The summed E-state index contributed by atoms with van der Waals surface area (Å²) in [7, 11) is 0. The lowest BCUT2D eigenvalue weighted by molar-refractivity contribution is 0.160. The van der Waals surface area contributed by atoms with E-state index in [-0.39, 0.29) is 24.8 Å². The van der Waals surface area contributed by atoms with Gasteiger partial charge in [-0.15, -0.1) is 24.8 Å². The van der Waals surface area contributed by atoms with E-state index in [0.717, 1.165) is 41.6 Å². The minimum Gasteiger partial charge on any atom is -0.314 e. The second-order valence-corrected chi connectivity index (χ2v) is 7.21. The molecule has 2 rings (SSSR count). The molecule has 0 aliphatic carbocycles. The van der Waals surface area contributed by atoms with E-state index < -0.39 is 0 Å². The van der Waals surface area contributed by atoms with E-state index in [9.17, 15) is 0 Å². The van der Waals surface area contributed by atoms with Crippen LogP contribution in [0.2, 0.25) is 5.02 Å². The standard InChI is InChI=1S/C16H24BrClN2.2ClH/c1-12(2)3-6-16(20-9-7-19-8-10-20)13-4-5-15(18)14(17)11-13;;/h4-5,11-12,16,19H,3,6-10H2,1-2H3;2*1H/t16-;;/m0../s1. The summed E-state index contributed by atoms with van der Waals surface area (Å²) in [5, 5.41) is 4.22. The van der Waals surface area contributed by atoms with Crippen LogP contribution >= 0.6 is 52.3 Å². The zero-order valence-corrected chi connectivity index (χ0v) is 17.1. The molecular formula is C16H26BrCl3N2. The summed E-state index contributed by atoms with van der Waals surface area (Å²) in [5.74, 6) is 0.746. The smallest absolute Gasteiger partial charge is 0.0548 e. The highest BCUT2D eigenvalue weighted by Gasteiger charge is 2.22. The van der Waals surface area contributed by atoms with Gasteiger partial charge in [0, 0.05) is 36.7 Å². The SMILES string of the molecule is CC(C)CC[C@@H](c1ccc(Cl)c(Br)c1)N1CCNCC1.Cl.Cl. The molecule has 1 heterocycles. The van der Waals surface area contributed by atoms with Crippen LogP contribution in [0.25, 0.3) is 0 Å². The van der Waals surface area contributed by atoms with Gasteiger partial charge in [-0.2, -0.15) is 0 Å². The van der Waals surface area contributed by atoms with Crippen molar-refractivity contribution in [1.29, 1.82) is 0 Å². The zero-order chi connectivity index (χ0) is 14.5. The molecule has 1 fully saturated rings. The molecule has 0 spiro atoms. The first-order valence-electron chi connectivity index (χ1n) is 7.47. The Labute approximate surface area is 160 Å². The second kappa shape index (κ2) is 11.1. The minimum atomic E-state index is 0. The van der Waals surface area contributed by atoms with Gasteiger partial charge >= 0.3 is 0 Å². The maximum Gasteiger partial charge on any atom is 0.0548 e. The molecule has 1 aromatic carbocycles. The molecule has 0 bridgehead atoms. The van der Waals surface area contributed by atoms with E-state index >= 15 is 0 Å².